The number of halogens is 1. The van der Waals surface area contributed by atoms with Crippen molar-refractivity contribution in [3.05, 3.63) is 35.9 Å². The lowest BCUT2D eigenvalue weighted by Crippen LogP contribution is -2.22. The maximum absolute atomic E-state index is 12.2. The number of hydrogen-bond acceptors (Lipinski definition) is 4. The van der Waals surface area contributed by atoms with E-state index in [1.165, 1.54) is 7.11 Å². The van der Waals surface area contributed by atoms with Crippen LogP contribution in [0.4, 0.5) is 0 Å². The van der Waals surface area contributed by atoms with Crippen LogP contribution >= 0.6 is 23.3 Å². The van der Waals surface area contributed by atoms with Crippen LogP contribution in [0.3, 0.4) is 0 Å². The van der Waals surface area contributed by atoms with Gasteiger partial charge >= 0.3 is 5.97 Å². The van der Waals surface area contributed by atoms with Crippen molar-refractivity contribution in [1.82, 2.24) is 0 Å². The SMILES string of the molecule is COP1(=O)CCC(OC(=O)c2ccccc2)C1Br. The molecule has 1 aliphatic heterocycles. The van der Waals surface area contributed by atoms with Crippen LogP contribution in [0.25, 0.3) is 0 Å². The summed E-state index contributed by atoms with van der Waals surface area (Å²) in [5, 5.41) is 0. The predicted molar refractivity (Wildman–Crippen MR) is 72.5 cm³/mol. The zero-order valence-corrected chi connectivity index (χ0v) is 12.4. The minimum absolute atomic E-state index is 0.394. The van der Waals surface area contributed by atoms with Crippen LogP contribution < -0.4 is 0 Å². The maximum atomic E-state index is 12.2. The standard InChI is InChI=1S/C12H14BrO4P/c1-16-18(15)8-7-10(11(18)13)17-12(14)9-5-3-2-4-6-9/h2-6,10-11H,7-8H2,1H3. The third-order valence-corrected chi connectivity index (χ3v) is 8.03. The Kier molecular flexibility index (Phi) is 4.25. The van der Waals surface area contributed by atoms with Crippen molar-refractivity contribution in [2.45, 2.75) is 17.1 Å². The van der Waals surface area contributed by atoms with Gasteiger partial charge in [-0.1, -0.05) is 34.1 Å². The first kappa shape index (κ1) is 13.8. The number of benzene rings is 1. The number of esters is 1. The van der Waals surface area contributed by atoms with E-state index in [2.05, 4.69) is 15.9 Å². The molecule has 0 aromatic heterocycles. The van der Waals surface area contributed by atoms with Gasteiger partial charge in [-0.3, -0.25) is 4.57 Å². The van der Waals surface area contributed by atoms with Crippen LogP contribution in [0.15, 0.2) is 30.3 Å². The fourth-order valence-electron chi connectivity index (χ4n) is 1.91. The number of carbonyl (C=O) groups excluding carboxylic acids is 1. The Bertz CT molecular complexity index is 476. The summed E-state index contributed by atoms with van der Waals surface area (Å²) in [7, 11) is -1.28. The van der Waals surface area contributed by atoms with Crippen molar-refractivity contribution in [2.75, 3.05) is 13.3 Å². The summed E-state index contributed by atoms with van der Waals surface area (Å²) in [6.07, 6.45) is 0.592. The third kappa shape index (κ3) is 2.68. The monoisotopic (exact) mass is 332 g/mol. The summed E-state index contributed by atoms with van der Waals surface area (Å²) in [5.41, 5.74) is 0.497. The lowest BCUT2D eigenvalue weighted by molar-refractivity contribution is 0.0343. The molecule has 1 aromatic carbocycles. The second-order valence-electron chi connectivity index (χ2n) is 4.10. The van der Waals surface area contributed by atoms with Crippen molar-refractivity contribution in [3.8, 4) is 0 Å². The van der Waals surface area contributed by atoms with E-state index in [1.807, 2.05) is 6.07 Å². The molecule has 0 radical (unpaired) electrons. The fraction of sp³-hybridized carbons (Fsp3) is 0.417. The van der Waals surface area contributed by atoms with E-state index in [0.717, 1.165) is 0 Å². The van der Waals surface area contributed by atoms with Crippen LogP contribution in [0.5, 0.6) is 0 Å². The average Bonchev–Trinajstić information content (AvgIpc) is 2.69. The van der Waals surface area contributed by atoms with E-state index >= 15 is 0 Å². The normalized spacial score (nSPS) is 31.2. The molecule has 0 saturated carbocycles. The molecule has 0 spiro atoms. The Morgan fingerprint density at radius 3 is 2.61 bits per heavy atom. The van der Waals surface area contributed by atoms with Gasteiger partial charge in [0, 0.05) is 13.3 Å². The molecule has 1 heterocycles. The molecule has 0 N–H and O–H groups in total. The van der Waals surface area contributed by atoms with Gasteiger partial charge in [0.05, 0.1) is 5.56 Å². The van der Waals surface area contributed by atoms with Crippen molar-refractivity contribution >= 4 is 29.3 Å². The molecule has 18 heavy (non-hydrogen) atoms. The Labute approximate surface area is 114 Å². The Balaban J connectivity index is 2.04. The average molecular weight is 333 g/mol. The number of ether oxygens (including phenoxy) is 1. The predicted octanol–water partition coefficient (Wildman–Crippen LogP) is 3.26. The Morgan fingerprint density at radius 1 is 1.39 bits per heavy atom. The molecule has 1 saturated heterocycles. The zero-order valence-electron chi connectivity index (χ0n) is 9.91. The summed E-state index contributed by atoms with van der Waals surface area (Å²) in [5.74, 6) is -0.394. The molecule has 1 fully saturated rings. The van der Waals surface area contributed by atoms with Crippen LogP contribution in [0.2, 0.25) is 0 Å². The fourth-order valence-corrected chi connectivity index (χ4v) is 5.36. The molecule has 0 amide bonds. The van der Waals surface area contributed by atoms with Crippen LogP contribution in [-0.2, 0) is 13.8 Å². The lowest BCUT2D eigenvalue weighted by Gasteiger charge is -2.18. The minimum Gasteiger partial charge on any atom is -0.457 e. The second kappa shape index (κ2) is 5.55. The second-order valence-corrected chi connectivity index (χ2v) is 8.62. The van der Waals surface area contributed by atoms with Gasteiger partial charge in [-0.2, -0.15) is 0 Å². The number of rotatable bonds is 3. The first-order valence-electron chi connectivity index (χ1n) is 5.61. The molecule has 3 unspecified atom stereocenters. The van der Waals surface area contributed by atoms with Crippen LogP contribution in [0, 0.1) is 0 Å². The van der Waals surface area contributed by atoms with Gasteiger partial charge in [-0.05, 0) is 18.6 Å². The number of alkyl halides is 1. The molecular weight excluding hydrogens is 319 g/mol. The van der Waals surface area contributed by atoms with Gasteiger partial charge < -0.3 is 9.26 Å². The highest BCUT2D eigenvalue weighted by atomic mass is 79.9. The van der Waals surface area contributed by atoms with E-state index in [1.54, 1.807) is 24.3 Å². The third-order valence-electron chi connectivity index (χ3n) is 2.98. The van der Waals surface area contributed by atoms with E-state index in [0.29, 0.717) is 18.1 Å². The molecule has 98 valence electrons. The van der Waals surface area contributed by atoms with Gasteiger partial charge in [0.25, 0.3) is 0 Å². The molecule has 1 aliphatic rings. The molecule has 1 aromatic rings. The smallest absolute Gasteiger partial charge is 0.338 e. The summed E-state index contributed by atoms with van der Waals surface area (Å²) >= 11 is 3.32. The summed E-state index contributed by atoms with van der Waals surface area (Å²) in [4.78, 5) is 11.9. The molecule has 4 nitrogen and oxygen atoms in total. The molecule has 3 atom stereocenters. The molecule has 0 bridgehead atoms. The van der Waals surface area contributed by atoms with Gasteiger partial charge in [0.15, 0.2) is 0 Å². The zero-order chi connectivity index (χ0) is 13.2. The van der Waals surface area contributed by atoms with Crippen molar-refractivity contribution < 1.29 is 18.6 Å². The first-order valence-corrected chi connectivity index (χ1v) is 8.41. The maximum Gasteiger partial charge on any atom is 0.338 e. The van der Waals surface area contributed by atoms with E-state index < -0.39 is 24.0 Å². The molecule has 2 rings (SSSR count). The molecule has 6 heteroatoms. The summed E-state index contributed by atoms with van der Waals surface area (Å²) in [6.45, 7) is 0. The Hall–Kier alpha value is -0.640. The number of carbonyl (C=O) groups is 1. The largest absolute Gasteiger partial charge is 0.457 e. The highest BCUT2D eigenvalue weighted by Crippen LogP contribution is 2.61. The summed E-state index contributed by atoms with van der Waals surface area (Å²) in [6, 6.07) is 8.76. The molecular formula is C12H14BrO4P. The first-order chi connectivity index (χ1) is 8.57. The quantitative estimate of drug-likeness (QED) is 0.484. The lowest BCUT2D eigenvalue weighted by atomic mass is 10.2. The van der Waals surface area contributed by atoms with Crippen LogP contribution in [-0.4, -0.2) is 29.9 Å². The van der Waals surface area contributed by atoms with Crippen molar-refractivity contribution in [2.24, 2.45) is 0 Å². The topological polar surface area (TPSA) is 52.6 Å². The van der Waals surface area contributed by atoms with E-state index in [-0.39, 0.29) is 0 Å². The highest BCUT2D eigenvalue weighted by Gasteiger charge is 2.46. The van der Waals surface area contributed by atoms with E-state index in [4.69, 9.17) is 9.26 Å². The number of hydrogen-bond donors (Lipinski definition) is 0. The van der Waals surface area contributed by atoms with Gasteiger partial charge in [0.1, 0.15) is 10.7 Å². The van der Waals surface area contributed by atoms with E-state index in [9.17, 15) is 9.36 Å². The minimum atomic E-state index is -2.71. The van der Waals surface area contributed by atoms with Gasteiger partial charge in [-0.25, -0.2) is 4.79 Å². The summed E-state index contributed by atoms with van der Waals surface area (Å²) < 4.78 is 22.2. The van der Waals surface area contributed by atoms with Crippen molar-refractivity contribution in [1.29, 1.82) is 0 Å². The van der Waals surface area contributed by atoms with Gasteiger partial charge in [0.2, 0.25) is 7.37 Å². The van der Waals surface area contributed by atoms with Gasteiger partial charge in [-0.15, -0.1) is 0 Å². The Morgan fingerprint density at radius 2 is 2.06 bits per heavy atom. The van der Waals surface area contributed by atoms with Crippen molar-refractivity contribution in [3.63, 3.8) is 0 Å². The van der Waals surface area contributed by atoms with Crippen LogP contribution in [0.1, 0.15) is 16.8 Å². The highest BCUT2D eigenvalue weighted by molar-refractivity contribution is 9.10. The molecule has 0 aliphatic carbocycles.